The van der Waals surface area contributed by atoms with E-state index in [1.54, 1.807) is 0 Å². The highest BCUT2D eigenvalue weighted by Crippen LogP contribution is 2.26. The molecule has 1 saturated heterocycles. The molecule has 0 saturated carbocycles. The standard InChI is InChI=1S/C17H28N2O2/c1-2-20-16-9-3-4-10-17(16)21-14-13-19-12-6-8-15(19)7-5-11-18/h3-4,9-10,15H,2,5-8,11-14,18H2,1H3. The third-order valence-corrected chi connectivity index (χ3v) is 4.03. The average molecular weight is 292 g/mol. The van der Waals surface area contributed by atoms with E-state index in [-0.39, 0.29) is 0 Å². The number of benzene rings is 1. The summed E-state index contributed by atoms with van der Waals surface area (Å²) >= 11 is 0. The summed E-state index contributed by atoms with van der Waals surface area (Å²) in [5.74, 6) is 1.68. The van der Waals surface area contributed by atoms with Gasteiger partial charge in [-0.1, -0.05) is 12.1 Å². The van der Waals surface area contributed by atoms with Crippen LogP contribution < -0.4 is 15.2 Å². The van der Waals surface area contributed by atoms with Gasteiger partial charge in [0.15, 0.2) is 11.5 Å². The van der Waals surface area contributed by atoms with Crippen molar-refractivity contribution in [3.63, 3.8) is 0 Å². The summed E-state index contributed by atoms with van der Waals surface area (Å²) in [6.07, 6.45) is 4.93. The van der Waals surface area contributed by atoms with Crippen LogP contribution in [0.2, 0.25) is 0 Å². The molecular formula is C17H28N2O2. The average Bonchev–Trinajstić information content (AvgIpc) is 2.94. The largest absolute Gasteiger partial charge is 0.490 e. The summed E-state index contributed by atoms with van der Waals surface area (Å²) in [6, 6.07) is 8.58. The van der Waals surface area contributed by atoms with Crippen molar-refractivity contribution >= 4 is 0 Å². The highest BCUT2D eigenvalue weighted by Gasteiger charge is 2.23. The van der Waals surface area contributed by atoms with Crippen molar-refractivity contribution in [1.29, 1.82) is 0 Å². The van der Waals surface area contributed by atoms with Crippen LogP contribution in [0.4, 0.5) is 0 Å². The molecule has 1 aliphatic heterocycles. The van der Waals surface area contributed by atoms with Crippen molar-refractivity contribution in [3.05, 3.63) is 24.3 Å². The number of rotatable bonds is 9. The van der Waals surface area contributed by atoms with Gasteiger partial charge >= 0.3 is 0 Å². The minimum absolute atomic E-state index is 0.660. The molecule has 0 radical (unpaired) electrons. The monoisotopic (exact) mass is 292 g/mol. The van der Waals surface area contributed by atoms with E-state index < -0.39 is 0 Å². The molecule has 118 valence electrons. The second-order valence-corrected chi connectivity index (χ2v) is 5.49. The zero-order valence-electron chi connectivity index (χ0n) is 13.1. The van der Waals surface area contributed by atoms with Crippen LogP contribution in [0.1, 0.15) is 32.6 Å². The maximum atomic E-state index is 5.91. The minimum atomic E-state index is 0.660. The molecule has 0 aliphatic carbocycles. The summed E-state index contributed by atoms with van der Waals surface area (Å²) in [6.45, 7) is 6.32. The Morgan fingerprint density at radius 2 is 2.00 bits per heavy atom. The molecule has 0 aromatic heterocycles. The van der Waals surface area contributed by atoms with Crippen molar-refractivity contribution in [2.24, 2.45) is 5.73 Å². The van der Waals surface area contributed by atoms with Gasteiger partial charge in [-0.05, 0) is 57.8 Å². The normalized spacial score (nSPS) is 18.9. The molecule has 1 atom stereocenters. The van der Waals surface area contributed by atoms with Gasteiger partial charge in [0.25, 0.3) is 0 Å². The van der Waals surface area contributed by atoms with Crippen LogP contribution in [0.25, 0.3) is 0 Å². The Morgan fingerprint density at radius 1 is 1.24 bits per heavy atom. The molecular weight excluding hydrogens is 264 g/mol. The van der Waals surface area contributed by atoms with Crippen molar-refractivity contribution < 1.29 is 9.47 Å². The molecule has 4 nitrogen and oxygen atoms in total. The van der Waals surface area contributed by atoms with Gasteiger partial charge < -0.3 is 15.2 Å². The lowest BCUT2D eigenvalue weighted by Crippen LogP contribution is -2.33. The molecule has 2 rings (SSSR count). The van der Waals surface area contributed by atoms with Gasteiger partial charge in [-0.15, -0.1) is 0 Å². The van der Waals surface area contributed by atoms with Crippen LogP contribution in [0.15, 0.2) is 24.3 Å². The first-order valence-electron chi connectivity index (χ1n) is 8.14. The zero-order chi connectivity index (χ0) is 14.9. The summed E-state index contributed by atoms with van der Waals surface area (Å²) in [5.41, 5.74) is 5.62. The van der Waals surface area contributed by atoms with Crippen molar-refractivity contribution in [3.8, 4) is 11.5 Å². The van der Waals surface area contributed by atoms with E-state index in [9.17, 15) is 0 Å². The maximum absolute atomic E-state index is 5.91. The predicted octanol–water partition coefficient (Wildman–Crippen LogP) is 2.67. The first kappa shape index (κ1) is 16.1. The van der Waals surface area contributed by atoms with Crippen molar-refractivity contribution in [2.45, 2.75) is 38.6 Å². The van der Waals surface area contributed by atoms with E-state index in [1.165, 1.54) is 25.8 Å². The number of nitrogens with zero attached hydrogens (tertiary/aromatic N) is 1. The molecule has 1 unspecified atom stereocenters. The molecule has 1 aliphatic rings. The predicted molar refractivity (Wildman–Crippen MR) is 86.0 cm³/mol. The molecule has 0 amide bonds. The third-order valence-electron chi connectivity index (χ3n) is 4.03. The van der Waals surface area contributed by atoms with E-state index in [0.29, 0.717) is 19.3 Å². The third kappa shape index (κ3) is 4.90. The van der Waals surface area contributed by atoms with Crippen LogP contribution in [0.5, 0.6) is 11.5 Å². The summed E-state index contributed by atoms with van der Waals surface area (Å²) < 4.78 is 11.5. The SMILES string of the molecule is CCOc1ccccc1OCCN1CCCC1CCCN. The fourth-order valence-corrected chi connectivity index (χ4v) is 2.99. The lowest BCUT2D eigenvalue weighted by Gasteiger charge is -2.24. The molecule has 0 bridgehead atoms. The molecule has 2 N–H and O–H groups in total. The molecule has 0 spiro atoms. The lowest BCUT2D eigenvalue weighted by molar-refractivity contribution is 0.185. The van der Waals surface area contributed by atoms with Crippen LogP contribution in [-0.2, 0) is 0 Å². The van der Waals surface area contributed by atoms with Crippen molar-refractivity contribution in [1.82, 2.24) is 4.90 Å². The minimum Gasteiger partial charge on any atom is -0.490 e. The molecule has 4 heteroatoms. The highest BCUT2D eigenvalue weighted by atomic mass is 16.5. The highest BCUT2D eigenvalue weighted by molar-refractivity contribution is 5.39. The quantitative estimate of drug-likeness (QED) is 0.760. The zero-order valence-corrected chi connectivity index (χ0v) is 13.1. The van der Waals surface area contributed by atoms with Gasteiger partial charge in [0, 0.05) is 12.6 Å². The van der Waals surface area contributed by atoms with Gasteiger partial charge in [-0.2, -0.15) is 0 Å². The smallest absolute Gasteiger partial charge is 0.161 e. The number of para-hydroxylation sites is 2. The van der Waals surface area contributed by atoms with Gasteiger partial charge in [0.1, 0.15) is 6.61 Å². The summed E-state index contributed by atoms with van der Waals surface area (Å²) in [4.78, 5) is 2.54. The van der Waals surface area contributed by atoms with Gasteiger partial charge in [-0.25, -0.2) is 0 Å². The van der Waals surface area contributed by atoms with Gasteiger partial charge in [-0.3, -0.25) is 4.90 Å². The molecule has 1 fully saturated rings. The van der Waals surface area contributed by atoms with E-state index in [0.717, 1.165) is 31.0 Å². The van der Waals surface area contributed by atoms with Gasteiger partial charge in [0.05, 0.1) is 6.61 Å². The Labute approximate surface area is 128 Å². The first-order chi connectivity index (χ1) is 10.3. The Morgan fingerprint density at radius 3 is 2.71 bits per heavy atom. The van der Waals surface area contributed by atoms with E-state index in [2.05, 4.69) is 4.90 Å². The Bertz CT molecular complexity index is 412. The Balaban J connectivity index is 1.78. The molecule has 1 aromatic carbocycles. The van der Waals surface area contributed by atoms with Crippen LogP contribution >= 0.6 is 0 Å². The van der Waals surface area contributed by atoms with Crippen LogP contribution in [-0.4, -0.2) is 43.8 Å². The fourth-order valence-electron chi connectivity index (χ4n) is 2.99. The van der Waals surface area contributed by atoms with E-state index in [1.807, 2.05) is 31.2 Å². The topological polar surface area (TPSA) is 47.7 Å². The number of nitrogens with two attached hydrogens (primary N) is 1. The Kier molecular flexibility index (Phi) is 6.83. The molecule has 1 aromatic rings. The summed E-state index contributed by atoms with van der Waals surface area (Å²) in [5, 5.41) is 0. The van der Waals surface area contributed by atoms with Crippen molar-refractivity contribution in [2.75, 3.05) is 32.8 Å². The van der Waals surface area contributed by atoms with Crippen LogP contribution in [0, 0.1) is 0 Å². The Hall–Kier alpha value is -1.26. The van der Waals surface area contributed by atoms with Gasteiger partial charge in [0.2, 0.25) is 0 Å². The number of likely N-dealkylation sites (tertiary alicyclic amines) is 1. The maximum Gasteiger partial charge on any atom is 0.161 e. The van der Waals surface area contributed by atoms with Crippen LogP contribution in [0.3, 0.4) is 0 Å². The molecule has 1 heterocycles. The van der Waals surface area contributed by atoms with E-state index >= 15 is 0 Å². The number of hydrogen-bond acceptors (Lipinski definition) is 4. The second-order valence-electron chi connectivity index (χ2n) is 5.49. The number of hydrogen-bond donors (Lipinski definition) is 1. The number of ether oxygens (including phenoxy) is 2. The lowest BCUT2D eigenvalue weighted by atomic mass is 10.1. The fraction of sp³-hybridized carbons (Fsp3) is 0.647. The second kappa shape index (κ2) is 8.90. The summed E-state index contributed by atoms with van der Waals surface area (Å²) in [7, 11) is 0. The molecule has 21 heavy (non-hydrogen) atoms. The van der Waals surface area contributed by atoms with E-state index in [4.69, 9.17) is 15.2 Å². The first-order valence-corrected chi connectivity index (χ1v) is 8.14.